The van der Waals surface area contributed by atoms with Crippen LogP contribution >= 0.6 is 24.0 Å². The average Bonchev–Trinajstić information content (AvgIpc) is 3.36. The Balaban J connectivity index is 0.00000261. The normalized spacial score (nSPS) is 21.4. The Bertz CT molecular complexity index is 611. The van der Waals surface area contributed by atoms with E-state index in [-0.39, 0.29) is 35.9 Å². The van der Waals surface area contributed by atoms with E-state index in [9.17, 15) is 4.39 Å². The molecule has 1 aromatic rings. The minimum Gasteiger partial charge on any atom is -0.489 e. The van der Waals surface area contributed by atoms with Crippen molar-refractivity contribution in [1.29, 1.82) is 0 Å². The van der Waals surface area contributed by atoms with Crippen molar-refractivity contribution in [3.05, 3.63) is 30.1 Å². The molecule has 0 spiro atoms. The number of aliphatic imine (C=N–C) groups is 1. The van der Waals surface area contributed by atoms with Crippen LogP contribution in [0.1, 0.15) is 33.1 Å². The Morgan fingerprint density at radius 3 is 2.85 bits per heavy atom. The lowest BCUT2D eigenvalue weighted by molar-refractivity contribution is 0.229. The minimum absolute atomic E-state index is 0. The molecule has 0 bridgehead atoms. The number of likely N-dealkylation sites (tertiary alicyclic amines) is 1. The van der Waals surface area contributed by atoms with Crippen molar-refractivity contribution in [3.63, 3.8) is 0 Å². The van der Waals surface area contributed by atoms with Crippen molar-refractivity contribution in [2.45, 2.75) is 45.3 Å². The number of hydrogen-bond acceptors (Lipinski definition) is 3. The van der Waals surface area contributed by atoms with Gasteiger partial charge in [-0.2, -0.15) is 0 Å². The zero-order chi connectivity index (χ0) is 18.4. The van der Waals surface area contributed by atoms with Crippen LogP contribution in [-0.2, 0) is 0 Å². The van der Waals surface area contributed by atoms with E-state index in [1.54, 1.807) is 12.1 Å². The van der Waals surface area contributed by atoms with Crippen LogP contribution in [0.3, 0.4) is 0 Å². The summed E-state index contributed by atoms with van der Waals surface area (Å²) >= 11 is 0. The maximum absolute atomic E-state index is 13.2. The third-order valence-electron chi connectivity index (χ3n) is 4.92. The SMILES string of the molecule is CCNC(=NCC(C)Oc1cccc(F)c1)NCC1CCN(C2CC2)C1.I. The van der Waals surface area contributed by atoms with Gasteiger partial charge in [0.05, 0.1) is 6.54 Å². The number of nitrogens with one attached hydrogen (secondary N) is 2. The topological polar surface area (TPSA) is 48.9 Å². The Morgan fingerprint density at radius 2 is 2.15 bits per heavy atom. The zero-order valence-corrected chi connectivity index (χ0v) is 18.6. The van der Waals surface area contributed by atoms with Crippen molar-refractivity contribution in [1.82, 2.24) is 15.5 Å². The number of nitrogens with zero attached hydrogens (tertiary/aromatic N) is 2. The van der Waals surface area contributed by atoms with E-state index in [1.807, 2.05) is 6.92 Å². The molecule has 2 aliphatic rings. The molecule has 2 N–H and O–H groups in total. The third kappa shape index (κ3) is 7.44. The standard InChI is InChI=1S/C20H31FN4O.HI/c1-3-22-20(24-13-16-9-10-25(14-16)18-7-8-18)23-12-15(2)26-19-6-4-5-17(21)11-19;/h4-6,11,15-16,18H,3,7-10,12-14H2,1-2H3,(H2,22,23,24);1H. The molecule has 1 heterocycles. The number of rotatable bonds is 8. The molecule has 2 fully saturated rings. The number of halogens is 2. The highest BCUT2D eigenvalue weighted by atomic mass is 127. The highest BCUT2D eigenvalue weighted by Gasteiger charge is 2.34. The molecule has 5 nitrogen and oxygen atoms in total. The van der Waals surface area contributed by atoms with Crippen molar-refractivity contribution in [2.75, 3.05) is 32.7 Å². The van der Waals surface area contributed by atoms with Crippen LogP contribution in [0.25, 0.3) is 0 Å². The van der Waals surface area contributed by atoms with E-state index >= 15 is 0 Å². The van der Waals surface area contributed by atoms with Crippen molar-refractivity contribution >= 4 is 29.9 Å². The van der Waals surface area contributed by atoms with Crippen LogP contribution in [0.15, 0.2) is 29.3 Å². The monoisotopic (exact) mass is 490 g/mol. The number of guanidine groups is 1. The molecule has 1 aliphatic heterocycles. The smallest absolute Gasteiger partial charge is 0.191 e. The lowest BCUT2D eigenvalue weighted by Crippen LogP contribution is -2.41. The molecule has 152 valence electrons. The summed E-state index contributed by atoms with van der Waals surface area (Å²) in [4.78, 5) is 7.25. The largest absolute Gasteiger partial charge is 0.489 e. The highest BCUT2D eigenvalue weighted by Crippen LogP contribution is 2.31. The van der Waals surface area contributed by atoms with E-state index in [0.717, 1.165) is 25.1 Å². The summed E-state index contributed by atoms with van der Waals surface area (Å²) in [6, 6.07) is 7.09. The van der Waals surface area contributed by atoms with E-state index in [1.165, 1.54) is 44.5 Å². The second-order valence-electron chi connectivity index (χ2n) is 7.37. The highest BCUT2D eigenvalue weighted by molar-refractivity contribution is 14.0. The molecule has 1 aliphatic carbocycles. The average molecular weight is 490 g/mol. The Labute approximate surface area is 179 Å². The third-order valence-corrected chi connectivity index (χ3v) is 4.92. The first-order valence-electron chi connectivity index (χ1n) is 9.82. The molecular formula is C20H32FIN4O. The molecule has 0 aromatic heterocycles. The molecule has 0 amide bonds. The molecule has 27 heavy (non-hydrogen) atoms. The summed E-state index contributed by atoms with van der Waals surface area (Å²) in [6.45, 7) is 8.75. The first-order valence-corrected chi connectivity index (χ1v) is 9.82. The summed E-state index contributed by atoms with van der Waals surface area (Å²) in [7, 11) is 0. The van der Waals surface area contributed by atoms with E-state index in [4.69, 9.17) is 4.74 Å². The maximum atomic E-state index is 13.2. The number of hydrogen-bond donors (Lipinski definition) is 2. The summed E-state index contributed by atoms with van der Waals surface area (Å²) in [5, 5.41) is 6.76. The first kappa shape index (κ1) is 22.2. The molecule has 1 aromatic carbocycles. The quantitative estimate of drug-likeness (QED) is 0.334. The van der Waals surface area contributed by atoms with Gasteiger partial charge < -0.3 is 20.3 Å². The molecule has 1 saturated carbocycles. The summed E-state index contributed by atoms with van der Waals surface area (Å²) in [6.07, 6.45) is 3.91. The number of benzene rings is 1. The van der Waals surface area contributed by atoms with Crippen LogP contribution in [0, 0.1) is 11.7 Å². The minimum atomic E-state index is -0.287. The fourth-order valence-corrected chi connectivity index (χ4v) is 3.41. The lowest BCUT2D eigenvalue weighted by Gasteiger charge is -2.18. The van der Waals surface area contributed by atoms with Gasteiger partial charge in [0.15, 0.2) is 5.96 Å². The van der Waals surface area contributed by atoms with E-state index in [0.29, 0.717) is 18.2 Å². The van der Waals surface area contributed by atoms with Gasteiger partial charge >= 0.3 is 0 Å². The number of ether oxygens (including phenoxy) is 1. The van der Waals surface area contributed by atoms with Gasteiger partial charge in [0.1, 0.15) is 17.7 Å². The van der Waals surface area contributed by atoms with Crippen LogP contribution in [-0.4, -0.2) is 55.7 Å². The van der Waals surface area contributed by atoms with Crippen LogP contribution in [0.4, 0.5) is 4.39 Å². The Kier molecular flexibility index (Phi) is 9.08. The molecule has 2 atom stereocenters. The predicted molar refractivity (Wildman–Crippen MR) is 119 cm³/mol. The van der Waals surface area contributed by atoms with Crippen LogP contribution in [0.2, 0.25) is 0 Å². The second kappa shape index (κ2) is 11.0. The molecule has 2 unspecified atom stereocenters. The molecule has 3 rings (SSSR count). The van der Waals surface area contributed by atoms with Crippen molar-refractivity contribution in [2.24, 2.45) is 10.9 Å². The molecule has 7 heteroatoms. The maximum Gasteiger partial charge on any atom is 0.191 e. The van der Waals surface area contributed by atoms with Gasteiger partial charge in [0, 0.05) is 31.7 Å². The van der Waals surface area contributed by atoms with Gasteiger partial charge in [0.25, 0.3) is 0 Å². The first-order chi connectivity index (χ1) is 12.6. The Hall–Kier alpha value is -1.09. The molecule has 0 radical (unpaired) electrons. The van der Waals surface area contributed by atoms with Crippen LogP contribution in [0.5, 0.6) is 5.75 Å². The predicted octanol–water partition coefficient (Wildman–Crippen LogP) is 3.25. The summed E-state index contributed by atoms with van der Waals surface area (Å²) < 4.78 is 19.0. The van der Waals surface area contributed by atoms with Crippen LogP contribution < -0.4 is 15.4 Å². The van der Waals surface area contributed by atoms with Gasteiger partial charge in [0.2, 0.25) is 0 Å². The van der Waals surface area contributed by atoms with Gasteiger partial charge in [-0.3, -0.25) is 0 Å². The second-order valence-corrected chi connectivity index (χ2v) is 7.37. The zero-order valence-electron chi connectivity index (χ0n) is 16.3. The molecule has 1 saturated heterocycles. The van der Waals surface area contributed by atoms with Crippen molar-refractivity contribution < 1.29 is 9.13 Å². The summed E-state index contributed by atoms with van der Waals surface area (Å²) in [5.74, 6) is 1.77. The summed E-state index contributed by atoms with van der Waals surface area (Å²) in [5.41, 5.74) is 0. The van der Waals surface area contributed by atoms with E-state index < -0.39 is 0 Å². The van der Waals surface area contributed by atoms with Gasteiger partial charge in [-0.1, -0.05) is 6.07 Å². The Morgan fingerprint density at radius 1 is 1.33 bits per heavy atom. The fraction of sp³-hybridized carbons (Fsp3) is 0.650. The van der Waals surface area contributed by atoms with Gasteiger partial charge in [-0.05, 0) is 57.7 Å². The van der Waals surface area contributed by atoms with Gasteiger partial charge in [-0.15, -0.1) is 24.0 Å². The molecular weight excluding hydrogens is 458 g/mol. The lowest BCUT2D eigenvalue weighted by atomic mass is 10.1. The fourth-order valence-electron chi connectivity index (χ4n) is 3.41. The van der Waals surface area contributed by atoms with Crippen molar-refractivity contribution in [3.8, 4) is 5.75 Å². The van der Waals surface area contributed by atoms with E-state index in [2.05, 4.69) is 27.4 Å². The van der Waals surface area contributed by atoms with Gasteiger partial charge in [-0.25, -0.2) is 9.38 Å².